The molecule has 6 nitrogen and oxygen atoms in total. The predicted octanol–water partition coefficient (Wildman–Crippen LogP) is 1.20. The standard InChI is InChI=1S/C13H20N6/c1-4-7-14-12(8-13-16-18-19(3)17-13)11-6-5-10(2)15-9-11/h5-6,9,12,14H,4,7-8H2,1-3H3. The summed E-state index contributed by atoms with van der Waals surface area (Å²) in [5.41, 5.74) is 2.18. The molecule has 2 heterocycles. The fraction of sp³-hybridized carbons (Fsp3) is 0.538. The van der Waals surface area contributed by atoms with Crippen LogP contribution in [0.1, 0.15) is 36.5 Å². The fourth-order valence-electron chi connectivity index (χ4n) is 1.90. The van der Waals surface area contributed by atoms with Gasteiger partial charge in [0.05, 0.1) is 7.05 Å². The zero-order valence-corrected chi connectivity index (χ0v) is 11.7. The summed E-state index contributed by atoms with van der Waals surface area (Å²) in [6, 6.07) is 4.31. The summed E-state index contributed by atoms with van der Waals surface area (Å²) in [5, 5.41) is 15.7. The third-order valence-corrected chi connectivity index (χ3v) is 2.91. The van der Waals surface area contributed by atoms with Gasteiger partial charge in [-0.1, -0.05) is 13.0 Å². The second-order valence-corrected chi connectivity index (χ2v) is 4.64. The first-order valence-corrected chi connectivity index (χ1v) is 6.58. The van der Waals surface area contributed by atoms with E-state index in [0.717, 1.165) is 36.5 Å². The number of aromatic nitrogens is 5. The molecule has 0 aliphatic heterocycles. The second kappa shape index (κ2) is 6.38. The van der Waals surface area contributed by atoms with Crippen LogP contribution in [0, 0.1) is 6.92 Å². The fourth-order valence-corrected chi connectivity index (χ4v) is 1.90. The molecular formula is C13H20N6. The number of aryl methyl sites for hydroxylation is 2. The van der Waals surface area contributed by atoms with Crippen molar-refractivity contribution in [2.45, 2.75) is 32.7 Å². The van der Waals surface area contributed by atoms with E-state index in [2.05, 4.69) is 38.7 Å². The molecule has 102 valence electrons. The Balaban J connectivity index is 2.13. The van der Waals surface area contributed by atoms with Gasteiger partial charge in [-0.3, -0.25) is 4.98 Å². The Hall–Kier alpha value is -1.82. The maximum atomic E-state index is 4.35. The lowest BCUT2D eigenvalue weighted by Gasteiger charge is -2.17. The van der Waals surface area contributed by atoms with E-state index >= 15 is 0 Å². The number of tetrazole rings is 1. The van der Waals surface area contributed by atoms with E-state index in [4.69, 9.17) is 0 Å². The van der Waals surface area contributed by atoms with E-state index in [1.54, 1.807) is 7.05 Å². The van der Waals surface area contributed by atoms with Crippen LogP contribution in [0.15, 0.2) is 18.3 Å². The average Bonchev–Trinajstić information content (AvgIpc) is 2.81. The maximum absolute atomic E-state index is 4.35. The van der Waals surface area contributed by atoms with Gasteiger partial charge in [-0.15, -0.1) is 10.2 Å². The van der Waals surface area contributed by atoms with E-state index in [-0.39, 0.29) is 6.04 Å². The smallest absolute Gasteiger partial charge is 0.176 e. The van der Waals surface area contributed by atoms with Crippen LogP contribution in [0.3, 0.4) is 0 Å². The van der Waals surface area contributed by atoms with Gasteiger partial charge in [0.1, 0.15) is 0 Å². The third-order valence-electron chi connectivity index (χ3n) is 2.91. The molecule has 0 bridgehead atoms. The number of nitrogens with one attached hydrogen (secondary N) is 1. The lowest BCUT2D eigenvalue weighted by atomic mass is 10.0. The Kier molecular flexibility index (Phi) is 4.57. The Bertz CT molecular complexity index is 504. The first-order valence-electron chi connectivity index (χ1n) is 6.58. The molecule has 19 heavy (non-hydrogen) atoms. The van der Waals surface area contributed by atoms with Crippen LogP contribution in [0.2, 0.25) is 0 Å². The lowest BCUT2D eigenvalue weighted by Crippen LogP contribution is -2.24. The molecule has 0 radical (unpaired) electrons. The minimum absolute atomic E-state index is 0.178. The van der Waals surface area contributed by atoms with Gasteiger partial charge in [0.25, 0.3) is 0 Å². The third kappa shape index (κ3) is 3.82. The molecule has 1 unspecified atom stereocenters. The van der Waals surface area contributed by atoms with Crippen molar-refractivity contribution in [1.82, 2.24) is 30.5 Å². The maximum Gasteiger partial charge on any atom is 0.176 e. The van der Waals surface area contributed by atoms with E-state index in [9.17, 15) is 0 Å². The molecule has 2 rings (SSSR count). The van der Waals surface area contributed by atoms with Crippen LogP contribution in [-0.4, -0.2) is 31.7 Å². The van der Waals surface area contributed by atoms with Crippen LogP contribution in [-0.2, 0) is 13.5 Å². The van der Waals surface area contributed by atoms with Gasteiger partial charge in [0, 0.05) is 24.4 Å². The van der Waals surface area contributed by atoms with Gasteiger partial charge in [-0.05, 0) is 36.7 Å². The number of nitrogens with zero attached hydrogens (tertiary/aromatic N) is 5. The number of hydrogen-bond donors (Lipinski definition) is 1. The summed E-state index contributed by atoms with van der Waals surface area (Å²) in [6.07, 6.45) is 3.72. The molecule has 0 aliphatic carbocycles. The molecule has 1 N–H and O–H groups in total. The van der Waals surface area contributed by atoms with Crippen LogP contribution in [0.25, 0.3) is 0 Å². The molecule has 0 aromatic carbocycles. The molecule has 0 saturated heterocycles. The minimum atomic E-state index is 0.178. The highest BCUT2D eigenvalue weighted by molar-refractivity contribution is 5.18. The van der Waals surface area contributed by atoms with Gasteiger partial charge < -0.3 is 5.32 Å². The van der Waals surface area contributed by atoms with Crippen molar-refractivity contribution in [2.75, 3.05) is 6.54 Å². The van der Waals surface area contributed by atoms with Gasteiger partial charge >= 0.3 is 0 Å². The van der Waals surface area contributed by atoms with Crippen molar-refractivity contribution in [3.8, 4) is 0 Å². The molecular weight excluding hydrogens is 240 g/mol. The molecule has 2 aromatic rings. The minimum Gasteiger partial charge on any atom is -0.310 e. The highest BCUT2D eigenvalue weighted by atomic mass is 15.6. The first kappa shape index (κ1) is 13.6. The molecule has 1 atom stereocenters. The normalized spacial score (nSPS) is 12.6. The summed E-state index contributed by atoms with van der Waals surface area (Å²) in [4.78, 5) is 5.84. The highest BCUT2D eigenvalue weighted by Crippen LogP contribution is 2.16. The van der Waals surface area contributed by atoms with Crippen molar-refractivity contribution in [3.05, 3.63) is 35.4 Å². The van der Waals surface area contributed by atoms with Crippen LogP contribution in [0.5, 0.6) is 0 Å². The Labute approximate surface area is 113 Å². The van der Waals surface area contributed by atoms with E-state index in [0.29, 0.717) is 0 Å². The Morgan fingerprint density at radius 2 is 2.21 bits per heavy atom. The van der Waals surface area contributed by atoms with Gasteiger partial charge in [-0.25, -0.2) is 0 Å². The number of rotatable bonds is 6. The number of pyridine rings is 1. The van der Waals surface area contributed by atoms with Gasteiger partial charge in [-0.2, -0.15) is 4.80 Å². The highest BCUT2D eigenvalue weighted by Gasteiger charge is 2.14. The predicted molar refractivity (Wildman–Crippen MR) is 72.5 cm³/mol. The summed E-state index contributed by atoms with van der Waals surface area (Å²) in [5.74, 6) is 0.747. The van der Waals surface area contributed by atoms with Crippen LogP contribution >= 0.6 is 0 Å². The number of hydrogen-bond acceptors (Lipinski definition) is 5. The van der Waals surface area contributed by atoms with E-state index in [1.165, 1.54) is 4.80 Å². The Morgan fingerprint density at radius 1 is 1.37 bits per heavy atom. The monoisotopic (exact) mass is 260 g/mol. The first-order chi connectivity index (χ1) is 9.19. The van der Waals surface area contributed by atoms with E-state index in [1.807, 2.05) is 19.2 Å². The van der Waals surface area contributed by atoms with E-state index < -0.39 is 0 Å². The van der Waals surface area contributed by atoms with Gasteiger partial charge in [0.15, 0.2) is 5.82 Å². The molecule has 0 amide bonds. The quantitative estimate of drug-likeness (QED) is 0.845. The summed E-state index contributed by atoms with van der Waals surface area (Å²) in [7, 11) is 1.78. The molecule has 0 aliphatic rings. The van der Waals surface area contributed by atoms with Crippen molar-refractivity contribution < 1.29 is 0 Å². The van der Waals surface area contributed by atoms with Crippen LogP contribution in [0.4, 0.5) is 0 Å². The van der Waals surface area contributed by atoms with Crippen molar-refractivity contribution >= 4 is 0 Å². The average molecular weight is 260 g/mol. The largest absolute Gasteiger partial charge is 0.310 e. The molecule has 0 saturated carbocycles. The van der Waals surface area contributed by atoms with Crippen molar-refractivity contribution in [1.29, 1.82) is 0 Å². The SMILES string of the molecule is CCCNC(Cc1nnn(C)n1)c1ccc(C)nc1. The zero-order valence-electron chi connectivity index (χ0n) is 11.7. The summed E-state index contributed by atoms with van der Waals surface area (Å²) >= 11 is 0. The molecule has 0 spiro atoms. The summed E-state index contributed by atoms with van der Waals surface area (Å²) in [6.45, 7) is 5.10. The second-order valence-electron chi connectivity index (χ2n) is 4.64. The zero-order chi connectivity index (χ0) is 13.7. The Morgan fingerprint density at radius 3 is 2.79 bits per heavy atom. The molecule has 0 fully saturated rings. The molecule has 2 aromatic heterocycles. The van der Waals surface area contributed by atoms with Crippen molar-refractivity contribution in [2.24, 2.45) is 7.05 Å². The van der Waals surface area contributed by atoms with Gasteiger partial charge in [0.2, 0.25) is 0 Å². The van der Waals surface area contributed by atoms with Crippen molar-refractivity contribution in [3.63, 3.8) is 0 Å². The lowest BCUT2D eigenvalue weighted by molar-refractivity contribution is 0.515. The van der Waals surface area contributed by atoms with Crippen LogP contribution < -0.4 is 5.32 Å². The molecule has 6 heteroatoms. The topological polar surface area (TPSA) is 68.5 Å². The summed E-state index contributed by atoms with van der Waals surface area (Å²) < 4.78 is 0.